The first kappa shape index (κ1) is 22.3. The topological polar surface area (TPSA) is 90.9 Å². The van der Waals surface area contributed by atoms with Crippen molar-refractivity contribution >= 4 is 28.4 Å². The number of hydrogen-bond acceptors (Lipinski definition) is 5. The van der Waals surface area contributed by atoms with Crippen molar-refractivity contribution in [1.29, 1.82) is 0 Å². The van der Waals surface area contributed by atoms with Crippen molar-refractivity contribution in [2.75, 3.05) is 0 Å². The van der Waals surface area contributed by atoms with Crippen molar-refractivity contribution in [2.24, 2.45) is 0 Å². The zero-order valence-corrected chi connectivity index (χ0v) is 19.8. The van der Waals surface area contributed by atoms with Gasteiger partial charge in [0.05, 0.1) is 18.9 Å². The van der Waals surface area contributed by atoms with Crippen LogP contribution in [0.4, 0.5) is 0 Å². The van der Waals surface area contributed by atoms with Crippen LogP contribution in [0.15, 0.2) is 63.8 Å². The Labute approximate surface area is 200 Å². The molecular weight excluding hydrogens is 450 g/mol. The molecule has 1 saturated carbocycles. The molecule has 1 aromatic carbocycles. The van der Waals surface area contributed by atoms with Gasteiger partial charge in [0.15, 0.2) is 11.2 Å². The second-order valence-corrected chi connectivity index (χ2v) is 9.79. The van der Waals surface area contributed by atoms with E-state index in [2.05, 4.69) is 10.3 Å². The van der Waals surface area contributed by atoms with E-state index in [0.717, 1.165) is 40.7 Å². The Balaban J connectivity index is 1.57. The third-order valence-corrected chi connectivity index (χ3v) is 7.55. The standard InChI is InChI=1S/C25H27N5O3S/c1-17(20-12-7-13-34-20)27-21(31)15-29-24(32)22-23(26-16-30(22)19-10-5-6-11-19)28(25(29)33)14-18-8-3-2-4-9-18/h2-4,7-9,12-13,16-17,19H,5-6,10-11,14-15H2,1H3,(H,27,31)/t17-/m0/s1. The van der Waals surface area contributed by atoms with Crippen LogP contribution in [0, 0.1) is 0 Å². The van der Waals surface area contributed by atoms with Crippen LogP contribution in [0.2, 0.25) is 0 Å². The molecule has 5 rings (SSSR count). The number of hydrogen-bond donors (Lipinski definition) is 1. The number of nitrogens with zero attached hydrogens (tertiary/aromatic N) is 4. The zero-order chi connectivity index (χ0) is 23.7. The first-order valence-electron chi connectivity index (χ1n) is 11.6. The van der Waals surface area contributed by atoms with Crippen molar-refractivity contribution in [3.8, 4) is 0 Å². The van der Waals surface area contributed by atoms with E-state index < -0.39 is 11.2 Å². The van der Waals surface area contributed by atoms with Gasteiger partial charge in [-0.15, -0.1) is 11.3 Å². The summed E-state index contributed by atoms with van der Waals surface area (Å²) in [6, 6.07) is 13.4. The van der Waals surface area contributed by atoms with Gasteiger partial charge in [-0.1, -0.05) is 49.2 Å². The van der Waals surface area contributed by atoms with Crippen molar-refractivity contribution < 1.29 is 4.79 Å². The Hall–Kier alpha value is -3.46. The van der Waals surface area contributed by atoms with E-state index in [-0.39, 0.29) is 31.1 Å². The predicted molar refractivity (Wildman–Crippen MR) is 132 cm³/mol. The lowest BCUT2D eigenvalue weighted by Gasteiger charge is -2.16. The minimum absolute atomic E-state index is 0.182. The molecule has 176 valence electrons. The number of aromatic nitrogens is 4. The Kier molecular flexibility index (Phi) is 6.19. The molecule has 0 radical (unpaired) electrons. The van der Waals surface area contributed by atoms with Gasteiger partial charge in [0.2, 0.25) is 5.91 Å². The fourth-order valence-corrected chi connectivity index (χ4v) is 5.49. The normalized spacial score (nSPS) is 15.1. The number of benzene rings is 1. The molecule has 0 aliphatic heterocycles. The van der Waals surface area contributed by atoms with Gasteiger partial charge >= 0.3 is 5.69 Å². The van der Waals surface area contributed by atoms with Crippen LogP contribution >= 0.6 is 11.3 Å². The number of rotatable bonds is 7. The lowest BCUT2D eigenvalue weighted by atomic mass is 10.2. The maximum Gasteiger partial charge on any atom is 0.333 e. The summed E-state index contributed by atoms with van der Waals surface area (Å²) in [5, 5.41) is 4.85. The highest BCUT2D eigenvalue weighted by molar-refractivity contribution is 7.10. The number of carbonyl (C=O) groups is 1. The van der Waals surface area contributed by atoms with Gasteiger partial charge in [-0.3, -0.25) is 14.2 Å². The van der Waals surface area contributed by atoms with E-state index in [1.165, 1.54) is 4.57 Å². The third kappa shape index (κ3) is 4.23. The molecule has 9 heteroatoms. The number of imidazole rings is 1. The van der Waals surface area contributed by atoms with Crippen molar-refractivity contribution in [1.82, 2.24) is 24.0 Å². The molecule has 1 fully saturated rings. The molecule has 3 aromatic heterocycles. The first-order valence-corrected chi connectivity index (χ1v) is 12.5. The molecule has 1 amide bonds. The van der Waals surface area contributed by atoms with E-state index >= 15 is 0 Å². The summed E-state index contributed by atoms with van der Waals surface area (Å²) in [6.07, 6.45) is 5.83. The molecule has 1 N–H and O–H groups in total. The molecule has 8 nitrogen and oxygen atoms in total. The molecule has 1 aliphatic rings. The second-order valence-electron chi connectivity index (χ2n) is 8.81. The van der Waals surface area contributed by atoms with E-state index in [0.29, 0.717) is 11.2 Å². The minimum Gasteiger partial charge on any atom is -0.347 e. The average molecular weight is 478 g/mol. The maximum atomic E-state index is 13.6. The van der Waals surface area contributed by atoms with Gasteiger partial charge in [0, 0.05) is 10.9 Å². The summed E-state index contributed by atoms with van der Waals surface area (Å²) in [4.78, 5) is 45.4. The lowest BCUT2D eigenvalue weighted by Crippen LogP contribution is -2.44. The van der Waals surface area contributed by atoms with E-state index in [4.69, 9.17) is 0 Å². The van der Waals surface area contributed by atoms with Gasteiger partial charge in [-0.25, -0.2) is 14.3 Å². The molecule has 34 heavy (non-hydrogen) atoms. The van der Waals surface area contributed by atoms with Gasteiger partial charge < -0.3 is 9.88 Å². The SMILES string of the molecule is C[C@H](NC(=O)Cn1c(=O)c2c(ncn2C2CCCC2)n(Cc2ccccc2)c1=O)c1cccs1. The fraction of sp³-hybridized carbons (Fsp3) is 0.360. The number of carbonyl (C=O) groups excluding carboxylic acids is 1. The third-order valence-electron chi connectivity index (χ3n) is 6.49. The summed E-state index contributed by atoms with van der Waals surface area (Å²) in [6.45, 7) is 1.82. The molecule has 0 saturated heterocycles. The van der Waals surface area contributed by atoms with Crippen LogP contribution in [0.25, 0.3) is 11.2 Å². The highest BCUT2D eigenvalue weighted by Gasteiger charge is 2.25. The van der Waals surface area contributed by atoms with Crippen LogP contribution in [-0.4, -0.2) is 24.6 Å². The number of nitrogens with one attached hydrogen (secondary N) is 1. The zero-order valence-electron chi connectivity index (χ0n) is 19.0. The Morgan fingerprint density at radius 3 is 2.59 bits per heavy atom. The summed E-state index contributed by atoms with van der Waals surface area (Å²) in [5.41, 5.74) is 0.683. The summed E-state index contributed by atoms with van der Waals surface area (Å²) < 4.78 is 4.47. The molecule has 4 aromatic rings. The minimum atomic E-state index is -0.531. The highest BCUT2D eigenvalue weighted by Crippen LogP contribution is 2.31. The molecular formula is C25H27N5O3S. The second kappa shape index (κ2) is 9.42. The number of thiophene rings is 1. The smallest absolute Gasteiger partial charge is 0.333 e. The maximum absolute atomic E-state index is 13.6. The van der Waals surface area contributed by atoms with Crippen LogP contribution < -0.4 is 16.6 Å². The summed E-state index contributed by atoms with van der Waals surface area (Å²) in [7, 11) is 0. The van der Waals surface area contributed by atoms with Crippen molar-refractivity contribution in [3.05, 3.63) is 85.5 Å². The van der Waals surface area contributed by atoms with Crippen molar-refractivity contribution in [2.45, 2.75) is 57.8 Å². The van der Waals surface area contributed by atoms with E-state index in [1.54, 1.807) is 17.7 Å². The summed E-state index contributed by atoms with van der Waals surface area (Å²) >= 11 is 1.55. The Bertz CT molecular complexity index is 1410. The molecule has 0 unspecified atom stereocenters. The van der Waals surface area contributed by atoms with Gasteiger partial charge in [0.25, 0.3) is 5.56 Å². The predicted octanol–water partition coefficient (Wildman–Crippen LogP) is 3.46. The Morgan fingerprint density at radius 2 is 1.88 bits per heavy atom. The number of fused-ring (bicyclic) bond motifs is 1. The molecule has 3 heterocycles. The fourth-order valence-electron chi connectivity index (χ4n) is 4.75. The number of amides is 1. The molecule has 1 atom stereocenters. The van der Waals surface area contributed by atoms with Crippen LogP contribution in [0.1, 0.15) is 55.1 Å². The van der Waals surface area contributed by atoms with Gasteiger partial charge in [-0.2, -0.15) is 0 Å². The molecule has 0 bridgehead atoms. The molecule has 0 spiro atoms. The quantitative estimate of drug-likeness (QED) is 0.441. The lowest BCUT2D eigenvalue weighted by molar-refractivity contribution is -0.122. The highest BCUT2D eigenvalue weighted by atomic mass is 32.1. The molecule has 1 aliphatic carbocycles. The van der Waals surface area contributed by atoms with Gasteiger partial charge in [0.1, 0.15) is 6.54 Å². The van der Waals surface area contributed by atoms with Crippen LogP contribution in [-0.2, 0) is 17.9 Å². The average Bonchev–Trinajstić information content (AvgIpc) is 3.61. The van der Waals surface area contributed by atoms with Crippen LogP contribution in [0.3, 0.4) is 0 Å². The Morgan fingerprint density at radius 1 is 1.12 bits per heavy atom. The van der Waals surface area contributed by atoms with Crippen LogP contribution in [0.5, 0.6) is 0 Å². The van der Waals surface area contributed by atoms with Gasteiger partial charge in [-0.05, 0) is 36.8 Å². The first-order chi connectivity index (χ1) is 16.5. The van der Waals surface area contributed by atoms with Crippen molar-refractivity contribution in [3.63, 3.8) is 0 Å². The summed E-state index contributed by atoms with van der Waals surface area (Å²) in [5.74, 6) is -0.377. The van der Waals surface area contributed by atoms with E-state index in [9.17, 15) is 14.4 Å². The van der Waals surface area contributed by atoms with E-state index in [1.807, 2.05) is 59.3 Å². The monoisotopic (exact) mass is 477 g/mol. The largest absolute Gasteiger partial charge is 0.347 e.